The Morgan fingerprint density at radius 3 is 2.48 bits per heavy atom. The summed E-state index contributed by atoms with van der Waals surface area (Å²) < 4.78 is 27.4. The molecule has 1 aromatic rings. The van der Waals surface area contributed by atoms with E-state index in [2.05, 4.69) is 11.6 Å². The van der Waals surface area contributed by atoms with E-state index in [1.165, 1.54) is 18.2 Å². The second kappa shape index (κ2) is 6.03. The van der Waals surface area contributed by atoms with Gasteiger partial charge in [0.1, 0.15) is 0 Å². The zero-order valence-corrected chi connectivity index (χ0v) is 12.7. The molecule has 1 saturated carbocycles. The molecule has 0 heterocycles. The van der Waals surface area contributed by atoms with E-state index in [1.54, 1.807) is 0 Å². The van der Waals surface area contributed by atoms with Crippen molar-refractivity contribution in [3.63, 3.8) is 0 Å². The van der Waals surface area contributed by atoms with Crippen LogP contribution < -0.4 is 10.5 Å². The minimum absolute atomic E-state index is 0.134. The number of anilines is 1. The summed E-state index contributed by atoms with van der Waals surface area (Å²) in [5, 5.41) is 9.15. The number of rotatable bonds is 4. The van der Waals surface area contributed by atoms with Crippen LogP contribution in [0.4, 0.5) is 5.69 Å². The molecule has 116 valence electrons. The fraction of sp³-hybridized carbons (Fsp3) is 0.500. The summed E-state index contributed by atoms with van der Waals surface area (Å²) in [6.07, 6.45) is 3.50. The number of benzene rings is 1. The van der Waals surface area contributed by atoms with Crippen molar-refractivity contribution in [1.29, 1.82) is 0 Å². The first kappa shape index (κ1) is 15.8. The van der Waals surface area contributed by atoms with Crippen LogP contribution in [0.3, 0.4) is 0 Å². The highest BCUT2D eigenvalue weighted by Gasteiger charge is 2.27. The van der Waals surface area contributed by atoms with Crippen LogP contribution in [0.15, 0.2) is 23.1 Å². The van der Waals surface area contributed by atoms with Crippen molar-refractivity contribution in [3.8, 4) is 0 Å². The Labute approximate surface area is 124 Å². The van der Waals surface area contributed by atoms with Gasteiger partial charge in [0.25, 0.3) is 0 Å². The molecular formula is C14H20N2O4S. The Kier molecular flexibility index (Phi) is 4.53. The highest BCUT2D eigenvalue weighted by molar-refractivity contribution is 7.89. The lowest BCUT2D eigenvalue weighted by Gasteiger charge is -2.26. The molecule has 1 fully saturated rings. The Morgan fingerprint density at radius 1 is 1.29 bits per heavy atom. The molecule has 7 heteroatoms. The van der Waals surface area contributed by atoms with E-state index in [-0.39, 0.29) is 22.2 Å². The lowest BCUT2D eigenvalue weighted by molar-refractivity contribution is 0.0692. The number of aromatic carboxylic acids is 1. The van der Waals surface area contributed by atoms with Gasteiger partial charge in [-0.15, -0.1) is 0 Å². The van der Waals surface area contributed by atoms with E-state index >= 15 is 0 Å². The molecule has 2 rings (SSSR count). The fourth-order valence-electron chi connectivity index (χ4n) is 2.61. The number of nitrogen functional groups attached to an aromatic ring is 1. The number of nitrogens with one attached hydrogen (secondary N) is 1. The van der Waals surface area contributed by atoms with E-state index in [9.17, 15) is 13.2 Å². The Hall–Kier alpha value is -1.60. The van der Waals surface area contributed by atoms with Gasteiger partial charge >= 0.3 is 5.97 Å². The van der Waals surface area contributed by atoms with Gasteiger partial charge < -0.3 is 10.8 Å². The molecule has 4 N–H and O–H groups in total. The van der Waals surface area contributed by atoms with E-state index in [0.717, 1.165) is 25.7 Å². The van der Waals surface area contributed by atoms with Crippen LogP contribution in [-0.4, -0.2) is 25.5 Å². The van der Waals surface area contributed by atoms with E-state index in [1.807, 2.05) is 0 Å². The van der Waals surface area contributed by atoms with Gasteiger partial charge in [0, 0.05) is 11.7 Å². The summed E-state index contributed by atoms with van der Waals surface area (Å²) in [4.78, 5) is 11.0. The number of carboxylic acids is 1. The summed E-state index contributed by atoms with van der Waals surface area (Å²) in [6, 6.07) is 3.67. The standard InChI is InChI=1S/C14H20N2O4S/c1-9-2-5-11(6-3-9)16-21(19,20)13-7-4-10(15)8-12(13)14(17)18/h4,7-9,11,16H,2-3,5-6,15H2,1H3,(H,17,18). The van der Waals surface area contributed by atoms with Gasteiger partial charge in [0.15, 0.2) is 0 Å². The number of carboxylic acid groups (broad SMARTS) is 1. The van der Waals surface area contributed by atoms with E-state index in [0.29, 0.717) is 5.92 Å². The van der Waals surface area contributed by atoms with Crippen LogP contribution in [0.2, 0.25) is 0 Å². The highest BCUT2D eigenvalue weighted by atomic mass is 32.2. The number of hydrogen-bond acceptors (Lipinski definition) is 4. The molecule has 0 bridgehead atoms. The maximum absolute atomic E-state index is 12.4. The van der Waals surface area contributed by atoms with Gasteiger partial charge in [-0.05, 0) is 49.8 Å². The number of carbonyl (C=O) groups is 1. The normalized spacial score (nSPS) is 22.9. The maximum atomic E-state index is 12.4. The average molecular weight is 312 g/mol. The Morgan fingerprint density at radius 2 is 1.90 bits per heavy atom. The van der Waals surface area contributed by atoms with Crippen molar-refractivity contribution in [2.24, 2.45) is 5.92 Å². The summed E-state index contributed by atoms with van der Waals surface area (Å²) in [6.45, 7) is 2.15. The van der Waals surface area contributed by atoms with Gasteiger partial charge in [-0.3, -0.25) is 0 Å². The van der Waals surface area contributed by atoms with Crippen molar-refractivity contribution in [2.45, 2.75) is 43.5 Å². The van der Waals surface area contributed by atoms with Crippen LogP contribution in [0.5, 0.6) is 0 Å². The molecule has 1 aliphatic carbocycles. The van der Waals surface area contributed by atoms with Gasteiger partial charge in [-0.25, -0.2) is 17.9 Å². The SMILES string of the molecule is CC1CCC(NS(=O)(=O)c2ccc(N)cc2C(=O)O)CC1. The van der Waals surface area contributed by atoms with Gasteiger partial charge in [0.05, 0.1) is 10.5 Å². The summed E-state index contributed by atoms with van der Waals surface area (Å²) in [7, 11) is -3.86. The maximum Gasteiger partial charge on any atom is 0.337 e. The first-order valence-electron chi connectivity index (χ1n) is 6.95. The quantitative estimate of drug-likeness (QED) is 0.735. The molecule has 21 heavy (non-hydrogen) atoms. The first-order chi connectivity index (χ1) is 9.79. The first-order valence-corrected chi connectivity index (χ1v) is 8.43. The van der Waals surface area contributed by atoms with Crippen LogP contribution in [0, 0.1) is 5.92 Å². The third-order valence-corrected chi connectivity index (χ3v) is 5.44. The molecule has 0 atom stereocenters. The highest BCUT2D eigenvalue weighted by Crippen LogP contribution is 2.26. The van der Waals surface area contributed by atoms with E-state index in [4.69, 9.17) is 10.8 Å². The Balaban J connectivity index is 2.25. The molecule has 0 aromatic heterocycles. The lowest BCUT2D eigenvalue weighted by Crippen LogP contribution is -2.37. The van der Waals surface area contributed by atoms with Gasteiger partial charge in [0.2, 0.25) is 10.0 Å². The molecule has 0 unspecified atom stereocenters. The molecule has 1 aromatic carbocycles. The largest absolute Gasteiger partial charge is 0.478 e. The van der Waals surface area contributed by atoms with E-state index < -0.39 is 16.0 Å². The molecule has 0 spiro atoms. The topological polar surface area (TPSA) is 109 Å². The van der Waals surface area contributed by atoms with Crippen molar-refractivity contribution < 1.29 is 18.3 Å². The molecule has 0 saturated heterocycles. The third-order valence-electron chi connectivity index (χ3n) is 3.86. The molecular weight excluding hydrogens is 292 g/mol. The molecule has 0 radical (unpaired) electrons. The molecule has 0 aliphatic heterocycles. The minimum Gasteiger partial charge on any atom is -0.478 e. The Bertz CT molecular complexity index is 634. The third kappa shape index (κ3) is 3.74. The summed E-state index contributed by atoms with van der Waals surface area (Å²) in [5.74, 6) is -0.697. The van der Waals surface area contributed by atoms with Crippen molar-refractivity contribution in [1.82, 2.24) is 4.72 Å². The predicted molar refractivity (Wildman–Crippen MR) is 79.6 cm³/mol. The molecule has 0 amide bonds. The minimum atomic E-state index is -3.86. The zero-order valence-electron chi connectivity index (χ0n) is 11.9. The number of sulfonamides is 1. The second-order valence-electron chi connectivity index (χ2n) is 5.64. The lowest BCUT2D eigenvalue weighted by atomic mass is 9.88. The number of nitrogens with two attached hydrogens (primary N) is 1. The average Bonchev–Trinajstić information content (AvgIpc) is 2.40. The van der Waals surface area contributed by atoms with Crippen LogP contribution in [0.25, 0.3) is 0 Å². The van der Waals surface area contributed by atoms with Gasteiger partial charge in [-0.1, -0.05) is 6.92 Å². The molecule has 1 aliphatic rings. The van der Waals surface area contributed by atoms with Crippen LogP contribution >= 0.6 is 0 Å². The molecule has 6 nitrogen and oxygen atoms in total. The smallest absolute Gasteiger partial charge is 0.337 e. The van der Waals surface area contributed by atoms with Crippen LogP contribution in [0.1, 0.15) is 43.0 Å². The van der Waals surface area contributed by atoms with Crippen molar-refractivity contribution >= 4 is 21.7 Å². The zero-order chi connectivity index (χ0) is 15.6. The van der Waals surface area contributed by atoms with Crippen molar-refractivity contribution in [2.75, 3.05) is 5.73 Å². The second-order valence-corrected chi connectivity index (χ2v) is 7.32. The summed E-state index contributed by atoms with van der Waals surface area (Å²) >= 11 is 0. The van der Waals surface area contributed by atoms with Crippen molar-refractivity contribution in [3.05, 3.63) is 23.8 Å². The fourth-order valence-corrected chi connectivity index (χ4v) is 4.09. The monoisotopic (exact) mass is 312 g/mol. The van der Waals surface area contributed by atoms with Gasteiger partial charge in [-0.2, -0.15) is 0 Å². The predicted octanol–water partition coefficient (Wildman–Crippen LogP) is 1.82. The summed E-state index contributed by atoms with van der Waals surface area (Å²) in [5.41, 5.74) is 5.45. The van der Waals surface area contributed by atoms with Crippen LogP contribution in [-0.2, 0) is 10.0 Å². The number of hydrogen-bond donors (Lipinski definition) is 3.